The summed E-state index contributed by atoms with van der Waals surface area (Å²) in [7, 11) is 0. The van der Waals surface area contributed by atoms with Crippen molar-refractivity contribution in [1.29, 1.82) is 0 Å². The van der Waals surface area contributed by atoms with E-state index in [0.717, 1.165) is 52.8 Å². The fourth-order valence-electron chi connectivity index (χ4n) is 4.72. The van der Waals surface area contributed by atoms with Crippen LogP contribution in [0, 0.1) is 26.1 Å². The monoisotopic (exact) mass is 711 g/mol. The number of esters is 5. The quantitative estimate of drug-likeness (QED) is 0.0708. The van der Waals surface area contributed by atoms with E-state index in [1.165, 1.54) is 6.21 Å². The highest BCUT2D eigenvalue weighted by molar-refractivity contribution is 5.90. The molecular weight excluding hydrogens is 674 g/mol. The third kappa shape index (κ3) is 12.7. The van der Waals surface area contributed by atoms with Crippen molar-refractivity contribution in [3.8, 4) is 0 Å². The van der Waals surface area contributed by atoms with Crippen molar-refractivity contribution >= 4 is 58.8 Å². The van der Waals surface area contributed by atoms with E-state index in [1.54, 1.807) is 6.92 Å². The first-order chi connectivity index (χ1) is 23.5. The maximum Gasteiger partial charge on any atom is 0.303 e. The Bertz CT molecular complexity index is 1500. The van der Waals surface area contributed by atoms with Crippen LogP contribution < -0.4 is 5.43 Å². The molecular formula is C29H37N5O16. The summed E-state index contributed by atoms with van der Waals surface area (Å²) < 4.78 is 32.5. The SMILES string of the molecule is CCO[C@H]1CC([C@H](C/C=N/Nc2ccc([N+](=O)[O-])cc2[N+](=O)[O-])[C@H](OC(C)=O)[C@@H](OC(C)=O)[C@@H](OC(C)=O)[C@@H](COC(C)=O)OC(C)=O)=NO1. The summed E-state index contributed by atoms with van der Waals surface area (Å²) in [6.45, 7) is 6.41. The predicted molar refractivity (Wildman–Crippen MR) is 167 cm³/mol. The highest BCUT2D eigenvalue weighted by atomic mass is 16.8. The van der Waals surface area contributed by atoms with E-state index in [2.05, 4.69) is 15.7 Å². The number of benzene rings is 1. The molecule has 1 aromatic rings. The van der Waals surface area contributed by atoms with Crippen molar-refractivity contribution in [1.82, 2.24) is 0 Å². The number of ether oxygens (including phenoxy) is 6. The van der Waals surface area contributed by atoms with Gasteiger partial charge < -0.3 is 33.3 Å². The molecule has 1 aliphatic heterocycles. The Balaban J connectivity index is 2.67. The van der Waals surface area contributed by atoms with Crippen molar-refractivity contribution in [3.05, 3.63) is 38.4 Å². The van der Waals surface area contributed by atoms with E-state index in [1.807, 2.05) is 0 Å². The molecule has 274 valence electrons. The second-order valence-corrected chi connectivity index (χ2v) is 10.4. The minimum atomic E-state index is -1.75. The van der Waals surface area contributed by atoms with Gasteiger partial charge in [0.2, 0.25) is 6.29 Å². The molecule has 1 aliphatic rings. The Kier molecular flexibility index (Phi) is 15.6. The van der Waals surface area contributed by atoms with E-state index in [9.17, 15) is 44.2 Å². The first kappa shape index (κ1) is 40.4. The Labute approximate surface area is 284 Å². The minimum Gasteiger partial charge on any atom is -0.462 e. The zero-order valence-electron chi connectivity index (χ0n) is 27.9. The zero-order chi connectivity index (χ0) is 37.5. The molecule has 1 heterocycles. The average Bonchev–Trinajstić information content (AvgIpc) is 3.47. The van der Waals surface area contributed by atoms with Gasteiger partial charge in [-0.2, -0.15) is 5.10 Å². The zero-order valence-corrected chi connectivity index (χ0v) is 27.9. The number of nitrogens with zero attached hydrogens (tertiary/aromatic N) is 4. The van der Waals surface area contributed by atoms with E-state index < -0.39 is 94.3 Å². The number of carbonyl (C=O) groups excluding carboxylic acids is 5. The maximum absolute atomic E-state index is 12.6. The largest absolute Gasteiger partial charge is 0.462 e. The van der Waals surface area contributed by atoms with Crippen molar-refractivity contribution in [2.45, 2.75) is 85.1 Å². The van der Waals surface area contributed by atoms with Crippen LogP contribution in [0.25, 0.3) is 0 Å². The molecule has 0 saturated carbocycles. The Morgan fingerprint density at radius 3 is 2.06 bits per heavy atom. The molecule has 1 N–H and O–H groups in total. The smallest absolute Gasteiger partial charge is 0.303 e. The molecule has 21 heteroatoms. The molecule has 6 atom stereocenters. The van der Waals surface area contributed by atoms with Crippen LogP contribution in [0.5, 0.6) is 0 Å². The number of hydrogen-bond donors (Lipinski definition) is 1. The Hall–Kier alpha value is -5.73. The maximum atomic E-state index is 12.6. The highest BCUT2D eigenvalue weighted by Gasteiger charge is 2.48. The van der Waals surface area contributed by atoms with Gasteiger partial charge in [-0.15, -0.1) is 0 Å². The van der Waals surface area contributed by atoms with Gasteiger partial charge >= 0.3 is 35.5 Å². The van der Waals surface area contributed by atoms with Crippen molar-refractivity contribution in [2.24, 2.45) is 16.2 Å². The predicted octanol–water partition coefficient (Wildman–Crippen LogP) is 2.34. The normalized spacial score (nSPS) is 16.8. The lowest BCUT2D eigenvalue weighted by Gasteiger charge is -2.38. The summed E-state index contributed by atoms with van der Waals surface area (Å²) in [4.78, 5) is 87.5. The van der Waals surface area contributed by atoms with Gasteiger partial charge in [-0.05, 0) is 19.4 Å². The lowest BCUT2D eigenvalue weighted by molar-refractivity contribution is -0.393. The summed E-state index contributed by atoms with van der Waals surface area (Å²) in [5, 5.41) is 30.7. The third-order valence-corrected chi connectivity index (χ3v) is 6.55. The number of nitro groups is 2. The number of nitro benzene ring substituents is 2. The second-order valence-electron chi connectivity index (χ2n) is 10.4. The van der Waals surface area contributed by atoms with Crippen molar-refractivity contribution < 1.29 is 67.1 Å². The van der Waals surface area contributed by atoms with Crippen LogP contribution in [0.3, 0.4) is 0 Å². The standard InChI is InChI=1S/C29H37N5O16/c1-7-44-26-13-23(32-50-26)21(10-11-30-31-22-9-8-20(33(40)41)12-24(22)34(42)43)27(47-17(4)37)29(49-19(6)39)28(48-18(5)38)25(46-16(3)36)14-45-15(2)35/h8-9,11-12,21,25-29,31H,7,10,13-14H2,1-6H3/b30-11+/t21-,25+,26+,27-,28-,29+/m0/s1. The first-order valence-electron chi connectivity index (χ1n) is 14.9. The van der Waals surface area contributed by atoms with E-state index in [-0.39, 0.29) is 30.8 Å². The summed E-state index contributed by atoms with van der Waals surface area (Å²) in [5.74, 6) is -5.61. The van der Waals surface area contributed by atoms with Crippen LogP contribution in [0.4, 0.5) is 17.1 Å². The second kappa shape index (κ2) is 19.3. The van der Waals surface area contributed by atoms with E-state index in [0.29, 0.717) is 0 Å². The van der Waals surface area contributed by atoms with Crippen molar-refractivity contribution in [2.75, 3.05) is 18.6 Å². The van der Waals surface area contributed by atoms with E-state index in [4.69, 9.17) is 33.3 Å². The fraction of sp³-hybridized carbons (Fsp3) is 0.552. The van der Waals surface area contributed by atoms with Crippen LogP contribution >= 0.6 is 0 Å². The number of nitrogens with one attached hydrogen (secondary N) is 1. The van der Waals surface area contributed by atoms with Gasteiger partial charge in [0, 0.05) is 59.4 Å². The lowest BCUT2D eigenvalue weighted by atomic mass is 9.85. The average molecular weight is 712 g/mol. The van der Waals surface area contributed by atoms with Crippen LogP contribution in [-0.2, 0) is 57.2 Å². The number of anilines is 1. The fourth-order valence-corrected chi connectivity index (χ4v) is 4.72. The molecule has 0 bridgehead atoms. The minimum absolute atomic E-state index is 0.00277. The number of non-ortho nitro benzene ring substituents is 1. The third-order valence-electron chi connectivity index (χ3n) is 6.55. The molecule has 2 rings (SSSR count). The highest BCUT2D eigenvalue weighted by Crippen LogP contribution is 2.31. The molecule has 0 spiro atoms. The topological polar surface area (TPSA) is 273 Å². The number of rotatable bonds is 19. The molecule has 0 aromatic heterocycles. The van der Waals surface area contributed by atoms with Gasteiger partial charge in [-0.25, -0.2) is 0 Å². The summed E-state index contributed by atoms with van der Waals surface area (Å²) in [5.41, 5.74) is 1.24. The van der Waals surface area contributed by atoms with Gasteiger partial charge in [0.1, 0.15) is 12.3 Å². The van der Waals surface area contributed by atoms with Gasteiger partial charge in [-0.3, -0.25) is 49.6 Å². The number of oxime groups is 1. The van der Waals surface area contributed by atoms with Crippen LogP contribution in [0.1, 0.15) is 54.4 Å². The molecule has 21 nitrogen and oxygen atoms in total. The summed E-state index contributed by atoms with van der Waals surface area (Å²) in [6.07, 6.45) is -6.60. The van der Waals surface area contributed by atoms with Gasteiger partial charge in [-0.1, -0.05) is 5.16 Å². The summed E-state index contributed by atoms with van der Waals surface area (Å²) >= 11 is 0. The number of carbonyl (C=O) groups is 5. The number of hydrogen-bond acceptors (Lipinski definition) is 19. The molecule has 50 heavy (non-hydrogen) atoms. The molecule has 1 aromatic carbocycles. The molecule has 0 aliphatic carbocycles. The molecule has 0 unspecified atom stereocenters. The lowest BCUT2D eigenvalue weighted by Crippen LogP contribution is -2.56. The van der Waals surface area contributed by atoms with Crippen LogP contribution in [-0.4, -0.2) is 95.5 Å². The number of hydrazone groups is 1. The first-order valence-corrected chi connectivity index (χ1v) is 14.9. The molecule has 0 saturated heterocycles. The van der Waals surface area contributed by atoms with Crippen LogP contribution in [0.15, 0.2) is 28.5 Å². The summed E-state index contributed by atoms with van der Waals surface area (Å²) in [6, 6.07) is 2.84. The molecule has 0 radical (unpaired) electrons. The van der Waals surface area contributed by atoms with Gasteiger partial charge in [0.25, 0.3) is 5.69 Å². The van der Waals surface area contributed by atoms with Crippen molar-refractivity contribution in [3.63, 3.8) is 0 Å². The van der Waals surface area contributed by atoms with Crippen LogP contribution in [0.2, 0.25) is 0 Å². The Morgan fingerprint density at radius 1 is 0.920 bits per heavy atom. The van der Waals surface area contributed by atoms with Gasteiger partial charge in [0.05, 0.1) is 28.0 Å². The molecule has 0 amide bonds. The molecule has 0 fully saturated rings. The Morgan fingerprint density at radius 2 is 1.52 bits per heavy atom. The van der Waals surface area contributed by atoms with Gasteiger partial charge in [0.15, 0.2) is 24.4 Å². The van der Waals surface area contributed by atoms with E-state index >= 15 is 0 Å².